The molecule has 1 atom stereocenters. The first-order valence-corrected chi connectivity index (χ1v) is 6.39. The summed E-state index contributed by atoms with van der Waals surface area (Å²) in [5, 5.41) is 8.98. The zero-order chi connectivity index (χ0) is 15.3. The highest BCUT2D eigenvalue weighted by Crippen LogP contribution is 2.30. The molecular weight excluding hydrogens is 276 g/mol. The number of carbonyl (C=O) groups excluding carboxylic acids is 3. The van der Waals surface area contributed by atoms with Gasteiger partial charge in [-0.05, 0) is 18.2 Å². The quantitative estimate of drug-likeness (QED) is 0.792. The van der Waals surface area contributed by atoms with E-state index in [1.807, 2.05) is 0 Å². The summed E-state index contributed by atoms with van der Waals surface area (Å²) < 4.78 is 0. The molecule has 0 saturated carbocycles. The van der Waals surface area contributed by atoms with Crippen molar-refractivity contribution in [1.29, 1.82) is 0 Å². The van der Waals surface area contributed by atoms with E-state index in [-0.39, 0.29) is 30.3 Å². The van der Waals surface area contributed by atoms with Crippen LogP contribution in [0.15, 0.2) is 18.2 Å². The fourth-order valence-electron chi connectivity index (χ4n) is 2.64. The fraction of sp³-hybridized carbons (Fsp3) is 0.286. The van der Waals surface area contributed by atoms with E-state index >= 15 is 0 Å². The average Bonchev–Trinajstić information content (AvgIpc) is 2.94. The lowest BCUT2D eigenvalue weighted by Crippen LogP contribution is -2.26. The number of amides is 3. The summed E-state index contributed by atoms with van der Waals surface area (Å²) in [5.41, 5.74) is 0.984. The largest absolute Gasteiger partial charge is 0.481 e. The first-order valence-electron chi connectivity index (χ1n) is 6.39. The van der Waals surface area contributed by atoms with Crippen LogP contribution in [0.4, 0.5) is 5.69 Å². The number of fused-ring (bicyclic) bond motifs is 1. The van der Waals surface area contributed by atoms with Crippen LogP contribution in [0.2, 0.25) is 0 Å². The number of carboxylic acid groups (broad SMARTS) is 1. The van der Waals surface area contributed by atoms with Crippen LogP contribution in [0.25, 0.3) is 0 Å². The standard InChI is InChI=1S/C14H12N2O5/c1-15-12(18)9-3-2-8(5-10(9)13(15)19)16-6-7(14(20)21)4-11(16)17/h2-3,5,7H,4,6H2,1H3,(H,20,21)/t7-/m0/s1. The molecule has 1 fully saturated rings. The molecule has 0 spiro atoms. The Morgan fingerprint density at radius 3 is 2.48 bits per heavy atom. The van der Waals surface area contributed by atoms with Crippen LogP contribution in [0.1, 0.15) is 27.1 Å². The smallest absolute Gasteiger partial charge is 0.308 e. The number of carboxylic acids is 1. The van der Waals surface area contributed by atoms with Gasteiger partial charge in [-0.1, -0.05) is 0 Å². The van der Waals surface area contributed by atoms with Crippen molar-refractivity contribution in [2.45, 2.75) is 6.42 Å². The highest BCUT2D eigenvalue weighted by atomic mass is 16.4. The van der Waals surface area contributed by atoms with Crippen molar-refractivity contribution >= 4 is 29.4 Å². The van der Waals surface area contributed by atoms with Crippen molar-refractivity contribution in [3.63, 3.8) is 0 Å². The maximum absolute atomic E-state index is 11.9. The Labute approximate surface area is 119 Å². The number of aliphatic carboxylic acids is 1. The summed E-state index contributed by atoms with van der Waals surface area (Å²) in [7, 11) is 1.39. The molecule has 21 heavy (non-hydrogen) atoms. The third-order valence-electron chi connectivity index (χ3n) is 3.86. The number of anilines is 1. The van der Waals surface area contributed by atoms with E-state index in [1.54, 1.807) is 6.07 Å². The number of carbonyl (C=O) groups is 4. The molecule has 2 heterocycles. The highest BCUT2D eigenvalue weighted by Gasteiger charge is 2.37. The Balaban J connectivity index is 1.96. The number of nitrogens with zero attached hydrogens (tertiary/aromatic N) is 2. The highest BCUT2D eigenvalue weighted by molar-refractivity contribution is 6.21. The first kappa shape index (κ1) is 13.3. The number of hydrogen-bond donors (Lipinski definition) is 1. The van der Waals surface area contributed by atoms with Crippen LogP contribution < -0.4 is 4.90 Å². The molecule has 1 saturated heterocycles. The van der Waals surface area contributed by atoms with Crippen LogP contribution >= 0.6 is 0 Å². The van der Waals surface area contributed by atoms with Crippen LogP contribution in [0, 0.1) is 5.92 Å². The van der Waals surface area contributed by atoms with Crippen molar-refractivity contribution in [2.75, 3.05) is 18.5 Å². The van der Waals surface area contributed by atoms with Crippen LogP contribution in [-0.2, 0) is 9.59 Å². The molecule has 2 aliphatic rings. The van der Waals surface area contributed by atoms with Crippen molar-refractivity contribution in [1.82, 2.24) is 4.90 Å². The second-order valence-corrected chi connectivity index (χ2v) is 5.14. The summed E-state index contributed by atoms with van der Waals surface area (Å²) in [5.74, 6) is -2.85. The van der Waals surface area contributed by atoms with E-state index in [1.165, 1.54) is 24.1 Å². The van der Waals surface area contributed by atoms with E-state index in [9.17, 15) is 19.2 Å². The second kappa shape index (κ2) is 4.41. The Morgan fingerprint density at radius 1 is 1.19 bits per heavy atom. The van der Waals surface area contributed by atoms with Crippen LogP contribution in [0.5, 0.6) is 0 Å². The lowest BCUT2D eigenvalue weighted by Gasteiger charge is -2.16. The number of hydrogen-bond acceptors (Lipinski definition) is 4. The molecule has 7 nitrogen and oxygen atoms in total. The van der Waals surface area contributed by atoms with Crippen molar-refractivity contribution in [2.24, 2.45) is 5.92 Å². The molecule has 0 aliphatic carbocycles. The van der Waals surface area contributed by atoms with Gasteiger partial charge < -0.3 is 10.0 Å². The lowest BCUT2D eigenvalue weighted by molar-refractivity contribution is -0.141. The molecule has 1 aromatic rings. The zero-order valence-corrected chi connectivity index (χ0v) is 11.2. The maximum Gasteiger partial charge on any atom is 0.308 e. The third-order valence-corrected chi connectivity index (χ3v) is 3.86. The molecule has 108 valence electrons. The Morgan fingerprint density at radius 2 is 1.86 bits per heavy atom. The number of benzene rings is 1. The predicted molar refractivity (Wildman–Crippen MR) is 71.0 cm³/mol. The second-order valence-electron chi connectivity index (χ2n) is 5.14. The minimum atomic E-state index is -1.02. The minimum Gasteiger partial charge on any atom is -0.481 e. The van der Waals surface area contributed by atoms with Gasteiger partial charge in [0.15, 0.2) is 0 Å². The molecule has 3 amide bonds. The Kier molecular flexibility index (Phi) is 2.79. The monoisotopic (exact) mass is 288 g/mol. The number of rotatable bonds is 2. The first-order chi connectivity index (χ1) is 9.90. The Hall–Kier alpha value is -2.70. The fourth-order valence-corrected chi connectivity index (χ4v) is 2.64. The molecule has 0 radical (unpaired) electrons. The van der Waals surface area contributed by atoms with Gasteiger partial charge in [-0.3, -0.25) is 24.1 Å². The molecule has 7 heteroatoms. The van der Waals surface area contributed by atoms with Gasteiger partial charge in [0, 0.05) is 25.7 Å². The molecule has 3 rings (SSSR count). The summed E-state index contributed by atoms with van der Waals surface area (Å²) >= 11 is 0. The Bertz CT molecular complexity index is 697. The molecule has 1 aromatic carbocycles. The summed E-state index contributed by atoms with van der Waals surface area (Å²) in [6.07, 6.45) is -0.0564. The minimum absolute atomic E-state index is 0.0564. The normalized spacial score (nSPS) is 21.2. The van der Waals surface area contributed by atoms with Gasteiger partial charge in [0.1, 0.15) is 0 Å². The zero-order valence-electron chi connectivity index (χ0n) is 11.2. The SMILES string of the molecule is CN1C(=O)c2ccc(N3C[C@@H](C(=O)O)CC3=O)cc2C1=O. The van der Waals surface area contributed by atoms with E-state index in [0.717, 1.165) is 4.90 Å². The van der Waals surface area contributed by atoms with E-state index in [0.29, 0.717) is 11.3 Å². The van der Waals surface area contributed by atoms with Gasteiger partial charge in [-0.2, -0.15) is 0 Å². The van der Waals surface area contributed by atoms with Crippen molar-refractivity contribution in [3.8, 4) is 0 Å². The van der Waals surface area contributed by atoms with Gasteiger partial charge in [0.2, 0.25) is 5.91 Å². The summed E-state index contributed by atoms with van der Waals surface area (Å²) in [6, 6.07) is 4.53. The summed E-state index contributed by atoms with van der Waals surface area (Å²) in [4.78, 5) is 48.9. The van der Waals surface area contributed by atoms with Crippen LogP contribution in [0.3, 0.4) is 0 Å². The van der Waals surface area contributed by atoms with Crippen LogP contribution in [-0.4, -0.2) is 47.3 Å². The van der Waals surface area contributed by atoms with E-state index in [2.05, 4.69) is 0 Å². The van der Waals surface area contributed by atoms with Gasteiger partial charge in [-0.25, -0.2) is 0 Å². The molecule has 2 aliphatic heterocycles. The number of imide groups is 1. The lowest BCUT2D eigenvalue weighted by atomic mass is 10.1. The molecule has 0 bridgehead atoms. The molecular formula is C14H12N2O5. The van der Waals surface area contributed by atoms with Gasteiger partial charge in [0.25, 0.3) is 11.8 Å². The third kappa shape index (κ3) is 1.89. The molecule has 0 unspecified atom stereocenters. The van der Waals surface area contributed by atoms with E-state index < -0.39 is 17.8 Å². The molecule has 0 aromatic heterocycles. The summed E-state index contributed by atoms with van der Waals surface area (Å²) in [6.45, 7) is 0.0743. The van der Waals surface area contributed by atoms with E-state index in [4.69, 9.17) is 5.11 Å². The predicted octanol–water partition coefficient (Wildman–Crippen LogP) is 0.350. The van der Waals surface area contributed by atoms with Gasteiger partial charge in [0.05, 0.1) is 17.0 Å². The topological polar surface area (TPSA) is 95.0 Å². The molecule has 1 N–H and O–H groups in total. The maximum atomic E-state index is 11.9. The average molecular weight is 288 g/mol. The van der Waals surface area contributed by atoms with Crippen molar-refractivity contribution in [3.05, 3.63) is 29.3 Å². The van der Waals surface area contributed by atoms with Gasteiger partial charge in [-0.15, -0.1) is 0 Å². The van der Waals surface area contributed by atoms with Gasteiger partial charge >= 0.3 is 5.97 Å². The van der Waals surface area contributed by atoms with Crippen molar-refractivity contribution < 1.29 is 24.3 Å².